The summed E-state index contributed by atoms with van der Waals surface area (Å²) >= 11 is 1.24. The summed E-state index contributed by atoms with van der Waals surface area (Å²) in [6, 6.07) is 0. The molecular formula is C8H11NO3S. The lowest BCUT2D eigenvalue weighted by Gasteiger charge is -1.99. The fourth-order valence-corrected chi connectivity index (χ4v) is 1.72. The number of nitrogens with zero attached hydrogens (tertiary/aromatic N) is 1. The van der Waals surface area contributed by atoms with Crippen molar-refractivity contribution in [3.05, 3.63) is 16.1 Å². The monoisotopic (exact) mass is 201 g/mol. The van der Waals surface area contributed by atoms with E-state index < -0.39 is 12.1 Å². The van der Waals surface area contributed by atoms with E-state index in [1.807, 2.05) is 13.8 Å². The van der Waals surface area contributed by atoms with Crippen LogP contribution in [-0.2, 0) is 4.79 Å². The minimum absolute atomic E-state index is 0.264. The molecule has 1 rings (SSSR count). The summed E-state index contributed by atoms with van der Waals surface area (Å²) in [5.74, 6) is -0.973. The molecule has 0 aliphatic rings. The first kappa shape index (κ1) is 10.1. The number of hydrogen-bond donors (Lipinski definition) is 2. The zero-order valence-electron chi connectivity index (χ0n) is 7.39. The van der Waals surface area contributed by atoms with E-state index in [1.165, 1.54) is 17.5 Å². The first-order valence-corrected chi connectivity index (χ1v) is 4.70. The Kier molecular flexibility index (Phi) is 3.00. The number of aliphatic hydroxyl groups excluding tert-OH is 1. The maximum atomic E-state index is 10.4. The Bertz CT molecular complexity index is 308. The van der Waals surface area contributed by atoms with Crippen molar-refractivity contribution in [1.82, 2.24) is 4.98 Å². The van der Waals surface area contributed by atoms with Crippen LogP contribution in [0.4, 0.5) is 0 Å². The van der Waals surface area contributed by atoms with Crippen molar-refractivity contribution in [2.75, 3.05) is 0 Å². The summed E-state index contributed by atoms with van der Waals surface area (Å²) in [6.07, 6.45) is -0.0244. The number of rotatable bonds is 3. The van der Waals surface area contributed by atoms with E-state index in [1.54, 1.807) is 0 Å². The van der Waals surface area contributed by atoms with Gasteiger partial charge in [-0.05, 0) is 0 Å². The zero-order valence-corrected chi connectivity index (χ0v) is 8.21. The number of carboxylic acids is 1. The number of thiazole rings is 1. The van der Waals surface area contributed by atoms with Gasteiger partial charge in [-0.1, -0.05) is 13.8 Å². The standard InChI is InChI=1S/C8H11NO3S/c1-4(2)7-9-3-5(13-7)6(10)8(11)12/h3-4,6,10H,1-2H3,(H,11,12). The van der Waals surface area contributed by atoms with E-state index in [0.29, 0.717) is 4.88 Å². The maximum Gasteiger partial charge on any atom is 0.338 e. The molecule has 0 radical (unpaired) electrons. The van der Waals surface area contributed by atoms with Gasteiger partial charge in [0.1, 0.15) is 0 Å². The molecule has 0 aliphatic heterocycles. The summed E-state index contributed by atoms with van der Waals surface area (Å²) < 4.78 is 0. The quantitative estimate of drug-likeness (QED) is 0.775. The van der Waals surface area contributed by atoms with Crippen LogP contribution in [-0.4, -0.2) is 21.2 Å². The summed E-state index contributed by atoms with van der Waals surface area (Å²) in [4.78, 5) is 14.8. The highest BCUT2D eigenvalue weighted by atomic mass is 32.1. The number of aliphatic carboxylic acids is 1. The van der Waals surface area contributed by atoms with Gasteiger partial charge in [0.05, 0.1) is 9.88 Å². The normalized spacial score (nSPS) is 13.2. The van der Waals surface area contributed by atoms with Crippen LogP contribution in [0.5, 0.6) is 0 Å². The van der Waals surface area contributed by atoms with E-state index in [-0.39, 0.29) is 5.92 Å². The number of carbonyl (C=O) groups is 1. The minimum Gasteiger partial charge on any atom is -0.479 e. The molecule has 1 aromatic rings. The van der Waals surface area contributed by atoms with Gasteiger partial charge < -0.3 is 10.2 Å². The number of carboxylic acid groups (broad SMARTS) is 1. The summed E-state index contributed by atoms with van der Waals surface area (Å²) in [5, 5.41) is 18.5. The van der Waals surface area contributed by atoms with Crippen molar-refractivity contribution < 1.29 is 15.0 Å². The molecule has 4 nitrogen and oxygen atoms in total. The third-order valence-electron chi connectivity index (χ3n) is 1.54. The third-order valence-corrected chi connectivity index (χ3v) is 2.89. The van der Waals surface area contributed by atoms with Crippen molar-refractivity contribution in [2.45, 2.75) is 25.9 Å². The SMILES string of the molecule is CC(C)c1ncc(C(O)C(=O)O)s1. The third kappa shape index (κ3) is 2.26. The Labute approximate surface area is 79.9 Å². The molecule has 0 saturated heterocycles. The van der Waals surface area contributed by atoms with Crippen molar-refractivity contribution in [1.29, 1.82) is 0 Å². The number of hydrogen-bond acceptors (Lipinski definition) is 4. The lowest BCUT2D eigenvalue weighted by molar-refractivity contribution is -0.146. The molecule has 0 spiro atoms. The van der Waals surface area contributed by atoms with E-state index >= 15 is 0 Å². The van der Waals surface area contributed by atoms with Gasteiger partial charge >= 0.3 is 5.97 Å². The van der Waals surface area contributed by atoms with Gasteiger partial charge in [0.2, 0.25) is 0 Å². The second-order valence-corrected chi connectivity index (χ2v) is 4.09. The molecule has 1 aromatic heterocycles. The van der Waals surface area contributed by atoms with E-state index in [4.69, 9.17) is 10.2 Å². The highest BCUT2D eigenvalue weighted by Gasteiger charge is 2.19. The molecule has 2 N–H and O–H groups in total. The van der Waals surface area contributed by atoms with Crippen LogP contribution in [0, 0.1) is 0 Å². The lowest BCUT2D eigenvalue weighted by Crippen LogP contribution is -2.08. The molecule has 0 aromatic carbocycles. The van der Waals surface area contributed by atoms with Crippen LogP contribution < -0.4 is 0 Å². The van der Waals surface area contributed by atoms with Crippen molar-refractivity contribution in [3.8, 4) is 0 Å². The molecule has 0 saturated carbocycles. The molecule has 72 valence electrons. The Balaban J connectivity index is 2.85. The minimum atomic E-state index is -1.44. The molecule has 1 heterocycles. The average molecular weight is 201 g/mol. The van der Waals surface area contributed by atoms with Crippen LogP contribution in [0.1, 0.15) is 35.8 Å². The molecule has 13 heavy (non-hydrogen) atoms. The zero-order chi connectivity index (χ0) is 10.0. The van der Waals surface area contributed by atoms with Crippen molar-refractivity contribution >= 4 is 17.3 Å². The Morgan fingerprint density at radius 3 is 2.62 bits per heavy atom. The average Bonchev–Trinajstić information content (AvgIpc) is 2.50. The van der Waals surface area contributed by atoms with E-state index in [2.05, 4.69) is 4.98 Å². The largest absolute Gasteiger partial charge is 0.479 e. The van der Waals surface area contributed by atoms with Crippen LogP contribution in [0.25, 0.3) is 0 Å². The van der Waals surface area contributed by atoms with E-state index in [0.717, 1.165) is 5.01 Å². The van der Waals surface area contributed by atoms with Crippen LogP contribution in [0.15, 0.2) is 6.20 Å². The first-order chi connectivity index (χ1) is 6.02. The number of aliphatic hydroxyl groups is 1. The maximum absolute atomic E-state index is 10.4. The topological polar surface area (TPSA) is 70.4 Å². The molecule has 0 amide bonds. The molecule has 0 bridgehead atoms. The smallest absolute Gasteiger partial charge is 0.338 e. The molecule has 5 heteroatoms. The lowest BCUT2D eigenvalue weighted by atomic mass is 10.2. The van der Waals surface area contributed by atoms with Crippen molar-refractivity contribution in [2.24, 2.45) is 0 Å². The predicted molar refractivity (Wildman–Crippen MR) is 48.8 cm³/mol. The molecule has 0 aliphatic carbocycles. The Hall–Kier alpha value is -0.940. The molecule has 0 fully saturated rings. The van der Waals surface area contributed by atoms with Gasteiger partial charge in [-0.15, -0.1) is 11.3 Å². The predicted octanol–water partition coefficient (Wildman–Crippen LogP) is 1.38. The fourth-order valence-electron chi connectivity index (χ4n) is 0.816. The molecular weight excluding hydrogens is 190 g/mol. The van der Waals surface area contributed by atoms with Crippen LogP contribution >= 0.6 is 11.3 Å². The summed E-state index contributed by atoms with van der Waals surface area (Å²) in [6.45, 7) is 3.94. The first-order valence-electron chi connectivity index (χ1n) is 3.89. The van der Waals surface area contributed by atoms with Gasteiger partial charge in [0.15, 0.2) is 6.10 Å². The van der Waals surface area contributed by atoms with Crippen LogP contribution in [0.3, 0.4) is 0 Å². The van der Waals surface area contributed by atoms with Gasteiger partial charge in [0.25, 0.3) is 0 Å². The Morgan fingerprint density at radius 2 is 2.23 bits per heavy atom. The van der Waals surface area contributed by atoms with Crippen LogP contribution in [0.2, 0.25) is 0 Å². The van der Waals surface area contributed by atoms with Gasteiger partial charge in [0, 0.05) is 12.1 Å². The molecule has 1 unspecified atom stereocenters. The Morgan fingerprint density at radius 1 is 1.62 bits per heavy atom. The van der Waals surface area contributed by atoms with E-state index in [9.17, 15) is 4.79 Å². The highest BCUT2D eigenvalue weighted by Crippen LogP contribution is 2.25. The summed E-state index contributed by atoms with van der Waals surface area (Å²) in [5.41, 5.74) is 0. The van der Waals surface area contributed by atoms with Gasteiger partial charge in [-0.2, -0.15) is 0 Å². The fraction of sp³-hybridized carbons (Fsp3) is 0.500. The van der Waals surface area contributed by atoms with Crippen molar-refractivity contribution in [3.63, 3.8) is 0 Å². The number of aromatic nitrogens is 1. The van der Waals surface area contributed by atoms with Gasteiger partial charge in [-0.3, -0.25) is 0 Å². The second-order valence-electron chi connectivity index (χ2n) is 3.00. The second kappa shape index (κ2) is 3.85. The highest BCUT2D eigenvalue weighted by molar-refractivity contribution is 7.11. The summed E-state index contributed by atoms with van der Waals surface area (Å²) in [7, 11) is 0. The molecule has 1 atom stereocenters. The van der Waals surface area contributed by atoms with Gasteiger partial charge in [-0.25, -0.2) is 9.78 Å².